The molecule has 0 aliphatic carbocycles. The van der Waals surface area contributed by atoms with E-state index in [9.17, 15) is 0 Å². The lowest BCUT2D eigenvalue weighted by Crippen LogP contribution is -2.29. The van der Waals surface area contributed by atoms with E-state index in [1.807, 2.05) is 11.3 Å². The first kappa shape index (κ1) is 11.1. The lowest BCUT2D eigenvalue weighted by molar-refractivity contribution is 0.271. The van der Waals surface area contributed by atoms with Gasteiger partial charge in [0.2, 0.25) is 0 Å². The van der Waals surface area contributed by atoms with Gasteiger partial charge in [-0.1, -0.05) is 6.92 Å². The van der Waals surface area contributed by atoms with Crippen LogP contribution in [0, 0.1) is 6.92 Å². The van der Waals surface area contributed by atoms with E-state index in [4.69, 9.17) is 0 Å². The number of aromatic nitrogens is 1. The Kier molecular flexibility index (Phi) is 2.81. The second kappa shape index (κ2) is 4.31. The minimum atomic E-state index is 1.14. The summed E-state index contributed by atoms with van der Waals surface area (Å²) in [7, 11) is 0. The number of fused-ring (bicyclic) bond motifs is 1. The Morgan fingerprint density at radius 2 is 2.06 bits per heavy atom. The third-order valence-corrected chi connectivity index (χ3v) is 4.99. The molecule has 90 valence electrons. The topological polar surface area (TPSA) is 8.17 Å². The van der Waals surface area contributed by atoms with E-state index in [0.717, 1.165) is 13.1 Å². The number of rotatable bonds is 2. The van der Waals surface area contributed by atoms with Gasteiger partial charge in [-0.15, -0.1) is 11.3 Å². The molecule has 0 aromatic carbocycles. The highest BCUT2D eigenvalue weighted by Gasteiger charge is 2.21. The number of hydrogen-bond acceptors (Lipinski definition) is 2. The second-order valence-corrected chi connectivity index (χ2v) is 5.73. The zero-order chi connectivity index (χ0) is 11.8. The first-order valence-electron chi connectivity index (χ1n) is 6.26. The molecular weight excluding hydrogens is 228 g/mol. The maximum atomic E-state index is 2.53. The molecule has 0 atom stereocenters. The van der Waals surface area contributed by atoms with Crippen LogP contribution in [0.2, 0.25) is 0 Å². The van der Waals surface area contributed by atoms with Crippen molar-refractivity contribution in [3.63, 3.8) is 0 Å². The van der Waals surface area contributed by atoms with Crippen molar-refractivity contribution in [3.8, 4) is 5.00 Å². The molecule has 3 heteroatoms. The first-order chi connectivity index (χ1) is 8.29. The first-order valence-corrected chi connectivity index (χ1v) is 7.08. The van der Waals surface area contributed by atoms with Crippen molar-refractivity contribution in [3.05, 3.63) is 40.5 Å². The van der Waals surface area contributed by atoms with Gasteiger partial charge in [-0.05, 0) is 43.1 Å². The molecule has 2 nitrogen and oxygen atoms in total. The standard InChI is InChI=1S/C14H18N2S/c1-3-15-9-6-12-11(2)14(17-13(12)10-15)16-7-4-5-8-16/h4-5,7-8H,3,6,9-10H2,1-2H3. The van der Waals surface area contributed by atoms with Crippen LogP contribution in [-0.2, 0) is 13.0 Å². The van der Waals surface area contributed by atoms with E-state index < -0.39 is 0 Å². The fourth-order valence-electron chi connectivity index (χ4n) is 2.59. The van der Waals surface area contributed by atoms with Crippen molar-refractivity contribution in [2.45, 2.75) is 26.8 Å². The van der Waals surface area contributed by atoms with E-state index in [0.29, 0.717) is 0 Å². The minimum absolute atomic E-state index is 1.14. The van der Waals surface area contributed by atoms with Gasteiger partial charge < -0.3 is 4.57 Å². The van der Waals surface area contributed by atoms with Crippen molar-refractivity contribution in [1.29, 1.82) is 0 Å². The molecule has 0 saturated heterocycles. The van der Waals surface area contributed by atoms with Crippen molar-refractivity contribution in [2.24, 2.45) is 0 Å². The normalized spacial score (nSPS) is 16.1. The van der Waals surface area contributed by atoms with E-state index in [2.05, 4.69) is 47.8 Å². The number of nitrogens with zero attached hydrogens (tertiary/aromatic N) is 2. The summed E-state index contributed by atoms with van der Waals surface area (Å²) in [4.78, 5) is 4.09. The summed E-state index contributed by atoms with van der Waals surface area (Å²) in [6.07, 6.45) is 5.50. The van der Waals surface area contributed by atoms with Crippen molar-refractivity contribution in [1.82, 2.24) is 9.47 Å². The zero-order valence-corrected chi connectivity index (χ0v) is 11.3. The second-order valence-electron chi connectivity index (χ2n) is 4.64. The van der Waals surface area contributed by atoms with Gasteiger partial charge >= 0.3 is 0 Å². The van der Waals surface area contributed by atoms with Crippen LogP contribution < -0.4 is 0 Å². The Labute approximate surface area is 106 Å². The number of hydrogen-bond donors (Lipinski definition) is 0. The molecule has 3 rings (SSSR count). The molecule has 0 amide bonds. The zero-order valence-electron chi connectivity index (χ0n) is 10.4. The summed E-state index contributed by atoms with van der Waals surface area (Å²) in [6, 6.07) is 4.19. The molecule has 2 aromatic heterocycles. The highest BCUT2D eigenvalue weighted by atomic mass is 32.1. The van der Waals surface area contributed by atoms with Gasteiger partial charge in [0.15, 0.2) is 0 Å². The Morgan fingerprint density at radius 3 is 2.76 bits per heavy atom. The molecule has 0 unspecified atom stereocenters. The molecule has 0 fully saturated rings. The highest BCUT2D eigenvalue weighted by molar-refractivity contribution is 7.14. The molecule has 17 heavy (non-hydrogen) atoms. The van der Waals surface area contributed by atoms with Crippen LogP contribution in [0.15, 0.2) is 24.5 Å². The average Bonchev–Trinajstić information content (AvgIpc) is 2.97. The molecule has 0 N–H and O–H groups in total. The number of likely N-dealkylation sites (N-methyl/N-ethyl adjacent to an activating group) is 1. The van der Waals surface area contributed by atoms with Gasteiger partial charge in [0.25, 0.3) is 0 Å². The van der Waals surface area contributed by atoms with Gasteiger partial charge in [0.1, 0.15) is 5.00 Å². The predicted molar refractivity (Wildman–Crippen MR) is 73.0 cm³/mol. The van der Waals surface area contributed by atoms with E-state index in [1.165, 1.54) is 23.5 Å². The van der Waals surface area contributed by atoms with Crippen LogP contribution in [-0.4, -0.2) is 22.6 Å². The van der Waals surface area contributed by atoms with Crippen molar-refractivity contribution >= 4 is 11.3 Å². The number of thiophene rings is 1. The summed E-state index contributed by atoms with van der Waals surface area (Å²) in [5, 5.41) is 1.40. The third kappa shape index (κ3) is 1.83. The molecule has 0 radical (unpaired) electrons. The summed E-state index contributed by atoms with van der Waals surface area (Å²) in [5.74, 6) is 0. The van der Waals surface area contributed by atoms with Crippen LogP contribution in [0.4, 0.5) is 0 Å². The maximum absolute atomic E-state index is 2.53. The Balaban J connectivity index is 2.01. The van der Waals surface area contributed by atoms with Crippen LogP contribution in [0.1, 0.15) is 22.9 Å². The summed E-state index contributed by atoms with van der Waals surface area (Å²) in [6.45, 7) is 8.03. The minimum Gasteiger partial charge on any atom is -0.315 e. The monoisotopic (exact) mass is 246 g/mol. The SMILES string of the molecule is CCN1CCc2c(sc(-n3cccc3)c2C)C1. The third-order valence-electron chi connectivity index (χ3n) is 3.66. The lowest BCUT2D eigenvalue weighted by Gasteiger charge is -2.25. The smallest absolute Gasteiger partial charge is 0.102 e. The van der Waals surface area contributed by atoms with Crippen LogP contribution in [0.3, 0.4) is 0 Å². The van der Waals surface area contributed by atoms with Crippen LogP contribution in [0.5, 0.6) is 0 Å². The molecule has 0 bridgehead atoms. The van der Waals surface area contributed by atoms with E-state index >= 15 is 0 Å². The van der Waals surface area contributed by atoms with E-state index in [-0.39, 0.29) is 0 Å². The molecule has 1 aliphatic rings. The average molecular weight is 246 g/mol. The van der Waals surface area contributed by atoms with Crippen LogP contribution in [0.25, 0.3) is 5.00 Å². The Bertz CT molecular complexity index is 511. The molecule has 1 aliphatic heterocycles. The molecule has 0 spiro atoms. The van der Waals surface area contributed by atoms with Crippen LogP contribution >= 0.6 is 11.3 Å². The highest BCUT2D eigenvalue weighted by Crippen LogP contribution is 2.34. The van der Waals surface area contributed by atoms with Crippen molar-refractivity contribution in [2.75, 3.05) is 13.1 Å². The van der Waals surface area contributed by atoms with Gasteiger partial charge in [-0.3, -0.25) is 4.90 Å². The maximum Gasteiger partial charge on any atom is 0.102 e. The Morgan fingerprint density at radius 1 is 1.29 bits per heavy atom. The molecule has 0 saturated carbocycles. The quantitative estimate of drug-likeness (QED) is 0.790. The Hall–Kier alpha value is -1.06. The van der Waals surface area contributed by atoms with Gasteiger partial charge in [0, 0.05) is 30.4 Å². The largest absolute Gasteiger partial charge is 0.315 e. The predicted octanol–water partition coefficient (Wildman–Crippen LogP) is 3.23. The fourth-order valence-corrected chi connectivity index (χ4v) is 3.95. The van der Waals surface area contributed by atoms with Gasteiger partial charge in [0.05, 0.1) is 0 Å². The molecule has 3 heterocycles. The van der Waals surface area contributed by atoms with E-state index in [1.54, 1.807) is 10.4 Å². The summed E-state index contributed by atoms with van der Waals surface area (Å²) >= 11 is 1.96. The lowest BCUT2D eigenvalue weighted by atomic mass is 10.0. The van der Waals surface area contributed by atoms with Crippen molar-refractivity contribution < 1.29 is 0 Å². The molecular formula is C14H18N2S. The summed E-state index contributed by atoms with van der Waals surface area (Å²) in [5.41, 5.74) is 3.08. The molecule has 2 aromatic rings. The summed E-state index contributed by atoms with van der Waals surface area (Å²) < 4.78 is 2.24. The fraction of sp³-hybridized carbons (Fsp3) is 0.429. The van der Waals surface area contributed by atoms with Gasteiger partial charge in [-0.2, -0.15) is 0 Å². The van der Waals surface area contributed by atoms with Gasteiger partial charge in [-0.25, -0.2) is 0 Å².